The van der Waals surface area contributed by atoms with Crippen molar-refractivity contribution in [3.05, 3.63) is 18.2 Å². The fourth-order valence-corrected chi connectivity index (χ4v) is 11.8. The minimum Gasteiger partial charge on any atom is -0.490 e. The fourth-order valence-electron chi connectivity index (χ4n) is 10.2. The molecule has 0 spiro atoms. The standard InChI is InChI=1S/C33H48N2O8S2/c1-18(4-9-29(39)43-13-12-42-21-5-8-25-27(16-21)44-31(35-25)45(34,40)41)22-6-7-23-30-24(17-28(38)33(22,23)3)32(2)11-10-20(36)14-19(32)15-26(30)37/h5,8,16,18-20,22-24,26,28,30,36-38H,4,6-7,9-15,17H2,1-3H3,(H2,34,40,41)/t18-,19+,20-,22-,23+,24+,26-,28+,30+,32+,33-/m1/s1. The predicted molar refractivity (Wildman–Crippen MR) is 170 cm³/mol. The summed E-state index contributed by atoms with van der Waals surface area (Å²) < 4.78 is 34.8. The Kier molecular flexibility index (Phi) is 9.06. The lowest BCUT2D eigenvalue weighted by molar-refractivity contribution is -0.207. The van der Waals surface area contributed by atoms with Crippen LogP contribution in [-0.4, -0.2) is 66.2 Å². The molecule has 2 aromatic rings. The Bertz CT molecular complexity index is 1520. The van der Waals surface area contributed by atoms with Gasteiger partial charge in [0.1, 0.15) is 19.0 Å². The van der Waals surface area contributed by atoms with Crippen molar-refractivity contribution in [1.82, 2.24) is 4.98 Å². The highest BCUT2D eigenvalue weighted by molar-refractivity contribution is 7.91. The van der Waals surface area contributed by atoms with E-state index in [4.69, 9.17) is 14.6 Å². The van der Waals surface area contributed by atoms with Gasteiger partial charge in [-0.3, -0.25) is 4.79 Å². The van der Waals surface area contributed by atoms with Crippen molar-refractivity contribution in [2.75, 3.05) is 13.2 Å². The van der Waals surface area contributed by atoms with Gasteiger partial charge in [-0.1, -0.05) is 20.8 Å². The largest absolute Gasteiger partial charge is 0.490 e. The van der Waals surface area contributed by atoms with Crippen LogP contribution < -0.4 is 9.88 Å². The number of thiazole rings is 1. The molecule has 0 aliphatic heterocycles. The molecule has 1 aromatic heterocycles. The monoisotopic (exact) mass is 664 g/mol. The Labute approximate surface area is 269 Å². The number of aromatic nitrogens is 1. The van der Waals surface area contributed by atoms with Crippen LogP contribution in [0.4, 0.5) is 0 Å². The molecule has 1 aromatic carbocycles. The molecule has 250 valence electrons. The van der Waals surface area contributed by atoms with E-state index in [1.54, 1.807) is 18.2 Å². The molecule has 4 fully saturated rings. The van der Waals surface area contributed by atoms with Crippen molar-refractivity contribution < 1.29 is 38.0 Å². The van der Waals surface area contributed by atoms with E-state index in [1.165, 1.54) is 0 Å². The maximum atomic E-state index is 12.6. The Balaban J connectivity index is 1.00. The number of aliphatic hydroxyl groups excluding tert-OH is 3. The molecule has 0 unspecified atom stereocenters. The molecule has 4 aliphatic carbocycles. The SMILES string of the molecule is C[C@H](CCC(=O)OCCOc1ccc2nc(S(N)(=O)=O)sc2c1)[C@H]1CC[C@H]2[C@@H]3[C@H](O)C[C@@H]4C[C@H](O)CC[C@]4(C)[C@H]3C[C@H](O)[C@]12C. The van der Waals surface area contributed by atoms with E-state index < -0.39 is 22.2 Å². The molecule has 12 heteroatoms. The smallest absolute Gasteiger partial charge is 0.305 e. The number of sulfonamides is 1. The van der Waals surface area contributed by atoms with Crippen molar-refractivity contribution in [2.24, 2.45) is 51.5 Å². The fraction of sp³-hybridized carbons (Fsp3) is 0.758. The summed E-state index contributed by atoms with van der Waals surface area (Å²) in [6.07, 6.45) is 5.76. The number of primary sulfonamides is 1. The highest BCUT2D eigenvalue weighted by atomic mass is 32.2. The van der Waals surface area contributed by atoms with E-state index >= 15 is 0 Å². The molecule has 10 nitrogen and oxygen atoms in total. The zero-order valence-corrected chi connectivity index (χ0v) is 28.1. The van der Waals surface area contributed by atoms with Crippen LogP contribution in [0.1, 0.15) is 78.6 Å². The molecule has 6 rings (SSSR count). The summed E-state index contributed by atoms with van der Waals surface area (Å²) in [4.78, 5) is 16.7. The van der Waals surface area contributed by atoms with E-state index in [9.17, 15) is 28.5 Å². The van der Waals surface area contributed by atoms with Crippen LogP contribution in [0.3, 0.4) is 0 Å². The third-order valence-electron chi connectivity index (χ3n) is 12.5. The minimum absolute atomic E-state index is 0.0493. The number of rotatable bonds is 9. The van der Waals surface area contributed by atoms with Crippen LogP contribution in [0.5, 0.6) is 5.75 Å². The van der Waals surface area contributed by atoms with Gasteiger partial charge in [-0.25, -0.2) is 18.5 Å². The van der Waals surface area contributed by atoms with E-state index in [0.29, 0.717) is 34.7 Å². The lowest BCUT2D eigenvalue weighted by Gasteiger charge is -2.63. The first kappa shape index (κ1) is 33.1. The minimum atomic E-state index is -3.87. The zero-order valence-electron chi connectivity index (χ0n) is 26.4. The predicted octanol–water partition coefficient (Wildman–Crippen LogP) is 4.24. The van der Waals surface area contributed by atoms with Gasteiger partial charge in [0.05, 0.1) is 28.5 Å². The van der Waals surface area contributed by atoms with Gasteiger partial charge in [0, 0.05) is 6.42 Å². The van der Waals surface area contributed by atoms with Crippen molar-refractivity contribution in [3.63, 3.8) is 0 Å². The number of aliphatic hydroxyl groups is 3. The Morgan fingerprint density at radius 3 is 2.64 bits per heavy atom. The molecule has 45 heavy (non-hydrogen) atoms. The topological polar surface area (TPSA) is 169 Å². The Morgan fingerprint density at radius 1 is 1.11 bits per heavy atom. The summed E-state index contributed by atoms with van der Waals surface area (Å²) in [6.45, 7) is 7.01. The first-order valence-electron chi connectivity index (χ1n) is 16.5. The van der Waals surface area contributed by atoms with Gasteiger partial charge in [-0.05, 0) is 116 Å². The van der Waals surface area contributed by atoms with Crippen LogP contribution >= 0.6 is 11.3 Å². The lowest BCUT2D eigenvalue weighted by atomic mass is 9.43. The number of nitrogens with two attached hydrogens (primary N) is 1. The number of hydrogen-bond acceptors (Lipinski definition) is 10. The first-order chi connectivity index (χ1) is 21.2. The quantitative estimate of drug-likeness (QED) is 0.226. The third kappa shape index (κ3) is 6.04. The van der Waals surface area contributed by atoms with Crippen LogP contribution in [0.2, 0.25) is 0 Å². The van der Waals surface area contributed by atoms with Crippen LogP contribution in [0.25, 0.3) is 10.2 Å². The maximum absolute atomic E-state index is 12.6. The summed E-state index contributed by atoms with van der Waals surface area (Å²) in [5.74, 6) is 1.70. The van der Waals surface area contributed by atoms with Gasteiger partial charge in [0.25, 0.3) is 10.0 Å². The first-order valence-corrected chi connectivity index (χ1v) is 18.8. The number of benzene rings is 1. The summed E-state index contributed by atoms with van der Waals surface area (Å²) in [6, 6.07) is 5.03. The van der Waals surface area contributed by atoms with Crippen molar-refractivity contribution in [1.29, 1.82) is 0 Å². The van der Waals surface area contributed by atoms with Crippen LogP contribution in [-0.2, 0) is 19.6 Å². The van der Waals surface area contributed by atoms with Gasteiger partial charge in [-0.2, -0.15) is 0 Å². The number of carbonyl (C=O) groups is 1. The number of fused-ring (bicyclic) bond motifs is 6. The molecule has 11 atom stereocenters. The van der Waals surface area contributed by atoms with E-state index in [-0.39, 0.29) is 76.5 Å². The lowest BCUT2D eigenvalue weighted by Crippen LogP contribution is -2.62. The van der Waals surface area contributed by atoms with Crippen molar-refractivity contribution in [2.45, 2.75) is 101 Å². The molecule has 4 aliphatic rings. The molecule has 4 saturated carbocycles. The number of carbonyl (C=O) groups excluding carboxylic acids is 1. The van der Waals surface area contributed by atoms with Crippen LogP contribution in [0.15, 0.2) is 22.5 Å². The highest BCUT2D eigenvalue weighted by Gasteiger charge is 2.65. The maximum Gasteiger partial charge on any atom is 0.305 e. The van der Waals surface area contributed by atoms with E-state index in [2.05, 4.69) is 25.8 Å². The van der Waals surface area contributed by atoms with E-state index in [0.717, 1.165) is 49.9 Å². The average Bonchev–Trinajstić information content (AvgIpc) is 3.57. The molecule has 5 N–H and O–H groups in total. The second-order valence-electron chi connectivity index (χ2n) is 14.8. The summed E-state index contributed by atoms with van der Waals surface area (Å²) in [5.41, 5.74) is 0.265. The summed E-state index contributed by atoms with van der Waals surface area (Å²) >= 11 is 0.973. The third-order valence-corrected chi connectivity index (χ3v) is 14.9. The molecular weight excluding hydrogens is 617 g/mol. The van der Waals surface area contributed by atoms with Crippen molar-refractivity contribution in [3.8, 4) is 5.75 Å². The van der Waals surface area contributed by atoms with Gasteiger partial charge >= 0.3 is 5.97 Å². The molecule has 0 saturated heterocycles. The Morgan fingerprint density at radius 2 is 1.89 bits per heavy atom. The molecule has 1 heterocycles. The molecule has 0 radical (unpaired) electrons. The number of nitrogens with zero attached hydrogens (tertiary/aromatic N) is 1. The van der Waals surface area contributed by atoms with Gasteiger partial charge in [-0.15, -0.1) is 11.3 Å². The zero-order chi connectivity index (χ0) is 32.3. The summed E-state index contributed by atoms with van der Waals surface area (Å²) in [5, 5.41) is 38.8. The second-order valence-corrected chi connectivity index (χ2v) is 17.5. The normalized spacial score (nSPS) is 38.6. The van der Waals surface area contributed by atoms with Crippen molar-refractivity contribution >= 4 is 37.5 Å². The van der Waals surface area contributed by atoms with Gasteiger partial charge in [0.2, 0.25) is 4.34 Å². The number of esters is 1. The Hall–Kier alpha value is -1.83. The van der Waals surface area contributed by atoms with Gasteiger partial charge < -0.3 is 24.8 Å². The molecule has 0 amide bonds. The highest BCUT2D eigenvalue weighted by Crippen LogP contribution is 2.68. The average molecular weight is 665 g/mol. The van der Waals surface area contributed by atoms with E-state index in [1.807, 2.05) is 0 Å². The van der Waals surface area contributed by atoms with Crippen LogP contribution in [0, 0.1) is 46.3 Å². The number of hydrogen-bond donors (Lipinski definition) is 4. The summed E-state index contributed by atoms with van der Waals surface area (Å²) in [7, 11) is -3.87. The number of ether oxygens (including phenoxy) is 2. The molecule has 0 bridgehead atoms. The van der Waals surface area contributed by atoms with Gasteiger partial charge in [0.15, 0.2) is 0 Å². The second kappa shape index (κ2) is 12.3. The molecular formula is C33H48N2O8S2.